The third-order valence-electron chi connectivity index (χ3n) is 14.5. The second-order valence-corrected chi connectivity index (χ2v) is 19.0. The summed E-state index contributed by atoms with van der Waals surface area (Å²) >= 11 is 0. The van der Waals surface area contributed by atoms with E-state index in [0.29, 0.717) is 32.5 Å². The van der Waals surface area contributed by atoms with E-state index in [-0.39, 0.29) is 12.7 Å². The van der Waals surface area contributed by atoms with Crippen molar-refractivity contribution in [1.29, 1.82) is 0 Å². The van der Waals surface area contributed by atoms with Gasteiger partial charge >= 0.3 is 0 Å². The van der Waals surface area contributed by atoms with Gasteiger partial charge in [0, 0.05) is 99.7 Å². The maximum Gasteiger partial charge on any atom is 0.172 e. The number of hydrogen-bond donors (Lipinski definition) is 8. The maximum absolute atomic E-state index is 10.4. The molecule has 0 spiro atoms. The average Bonchev–Trinajstić information content (AvgIpc) is 4.16. The number of ether oxygens (including phenoxy) is 2. The van der Waals surface area contributed by atoms with Gasteiger partial charge in [0.25, 0.3) is 0 Å². The molecule has 14 nitrogen and oxygen atoms in total. The highest BCUT2D eigenvalue weighted by atomic mass is 16.6. The Morgan fingerprint density at radius 3 is 1.81 bits per heavy atom. The van der Waals surface area contributed by atoms with Gasteiger partial charge in [0.1, 0.15) is 11.9 Å². The summed E-state index contributed by atoms with van der Waals surface area (Å²) < 4.78 is 11.8. The molecule has 0 bridgehead atoms. The van der Waals surface area contributed by atoms with Gasteiger partial charge in [-0.05, 0) is 128 Å². The SMILES string of the molecule is Cc1cccc2c(CCN3CC(O)OCc4cc(Nc5ccnc6c5CCC6O)ccc43)c[nH]c12.Cc1cccc2c(CCN3C[C@@H](CO)Oc4cc(Nc5ccnc6c5CC[C@@H]6O)ccc43)c[nH]c12. The van der Waals surface area contributed by atoms with Crippen molar-refractivity contribution in [2.75, 3.05) is 53.2 Å². The predicted molar refractivity (Wildman–Crippen MR) is 275 cm³/mol. The number of nitrogens with zero attached hydrogens (tertiary/aromatic N) is 4. The fourth-order valence-electron chi connectivity index (χ4n) is 10.8. The van der Waals surface area contributed by atoms with Crippen LogP contribution in [0.25, 0.3) is 21.8 Å². The summed E-state index contributed by atoms with van der Waals surface area (Å²) in [5, 5.41) is 50.2. The van der Waals surface area contributed by atoms with Gasteiger partial charge in [-0.3, -0.25) is 9.97 Å². The number of hydrogen-bond acceptors (Lipinski definition) is 12. The molecule has 8 N–H and O–H groups in total. The number of nitrogens with one attached hydrogen (secondary N) is 4. The molecule has 0 radical (unpaired) electrons. The Bertz CT molecular complexity index is 3120. The number of aromatic nitrogens is 4. The van der Waals surface area contributed by atoms with Crippen LogP contribution in [-0.4, -0.2) is 85.5 Å². The molecule has 70 heavy (non-hydrogen) atoms. The van der Waals surface area contributed by atoms with Gasteiger partial charge in [-0.25, -0.2) is 0 Å². The van der Waals surface area contributed by atoms with Crippen LogP contribution in [0.1, 0.15) is 75.4 Å². The second kappa shape index (κ2) is 19.5. The highest BCUT2D eigenvalue weighted by Gasteiger charge is 2.29. The van der Waals surface area contributed by atoms with Crippen LogP contribution in [0.4, 0.5) is 34.1 Å². The molecule has 0 saturated heterocycles. The molecule has 4 aliphatic rings. The minimum Gasteiger partial charge on any atom is -0.484 e. The lowest BCUT2D eigenvalue weighted by atomic mass is 10.1. The Labute approximate surface area is 407 Å². The maximum atomic E-state index is 10.4. The molecule has 4 aromatic heterocycles. The summed E-state index contributed by atoms with van der Waals surface area (Å²) in [5.74, 6) is 0.765. The van der Waals surface area contributed by atoms with Crippen molar-refractivity contribution in [2.45, 2.75) is 83.6 Å². The van der Waals surface area contributed by atoms with Crippen molar-refractivity contribution in [3.63, 3.8) is 0 Å². The Hall–Kier alpha value is -6.94. The molecule has 0 saturated carbocycles. The van der Waals surface area contributed by atoms with E-state index in [1.165, 1.54) is 44.1 Å². The zero-order valence-corrected chi connectivity index (χ0v) is 39.6. The van der Waals surface area contributed by atoms with Crippen LogP contribution >= 0.6 is 0 Å². The highest BCUT2D eigenvalue weighted by Crippen LogP contribution is 2.40. The zero-order chi connectivity index (χ0) is 47.9. The van der Waals surface area contributed by atoms with E-state index in [1.807, 2.05) is 18.2 Å². The van der Waals surface area contributed by atoms with Gasteiger partial charge in [0.05, 0.1) is 55.6 Å². The third-order valence-corrected chi connectivity index (χ3v) is 14.5. The number of β-amino-alcohol motifs (C(OH)–C–C–N with tert-alkyl or cyclic N) is 1. The highest BCUT2D eigenvalue weighted by molar-refractivity contribution is 5.87. The molecule has 0 fully saturated rings. The van der Waals surface area contributed by atoms with Crippen LogP contribution in [0.5, 0.6) is 5.75 Å². The molecule has 12 rings (SSSR count). The molecule has 6 heterocycles. The van der Waals surface area contributed by atoms with E-state index in [2.05, 4.69) is 133 Å². The number of aliphatic hydroxyl groups excluding tert-OH is 4. The summed E-state index contributed by atoms with van der Waals surface area (Å²) in [6.07, 6.45) is 10.4. The molecule has 2 aliphatic carbocycles. The zero-order valence-electron chi connectivity index (χ0n) is 39.6. The van der Waals surface area contributed by atoms with Crippen LogP contribution in [0.2, 0.25) is 0 Å². The lowest BCUT2D eigenvalue weighted by Crippen LogP contribution is -2.42. The first-order valence-corrected chi connectivity index (χ1v) is 24.5. The Morgan fingerprint density at radius 1 is 0.671 bits per heavy atom. The van der Waals surface area contributed by atoms with E-state index in [9.17, 15) is 20.4 Å². The monoisotopic (exact) mass is 940 g/mol. The molecule has 0 amide bonds. The largest absolute Gasteiger partial charge is 0.484 e. The lowest BCUT2D eigenvalue weighted by molar-refractivity contribution is -0.0977. The Morgan fingerprint density at radius 2 is 1.23 bits per heavy atom. The minimum atomic E-state index is -0.839. The number of anilines is 6. The van der Waals surface area contributed by atoms with E-state index < -0.39 is 18.5 Å². The van der Waals surface area contributed by atoms with Crippen LogP contribution in [0.15, 0.2) is 110 Å². The van der Waals surface area contributed by atoms with Crippen LogP contribution < -0.4 is 25.2 Å². The first-order chi connectivity index (χ1) is 34.2. The number of aromatic amines is 2. The summed E-state index contributed by atoms with van der Waals surface area (Å²) in [4.78, 5) is 20.1. The van der Waals surface area contributed by atoms with Crippen molar-refractivity contribution < 1.29 is 29.9 Å². The third kappa shape index (κ3) is 9.04. The molecule has 2 aliphatic heterocycles. The molecule has 360 valence electrons. The fraction of sp³-hybridized carbons (Fsp3) is 0.321. The Balaban J connectivity index is 0.000000152. The number of pyridine rings is 2. The number of aliphatic hydroxyl groups is 4. The summed E-state index contributed by atoms with van der Waals surface area (Å²) in [6.45, 7) is 7.24. The summed E-state index contributed by atoms with van der Waals surface area (Å²) in [7, 11) is 0. The van der Waals surface area contributed by atoms with E-state index in [0.717, 1.165) is 107 Å². The van der Waals surface area contributed by atoms with Gasteiger partial charge < -0.3 is 60.3 Å². The van der Waals surface area contributed by atoms with Gasteiger partial charge in [0.2, 0.25) is 0 Å². The van der Waals surface area contributed by atoms with Crippen molar-refractivity contribution in [2.24, 2.45) is 0 Å². The van der Waals surface area contributed by atoms with Crippen molar-refractivity contribution >= 4 is 55.9 Å². The van der Waals surface area contributed by atoms with Crippen LogP contribution in [0, 0.1) is 13.8 Å². The summed E-state index contributed by atoms with van der Waals surface area (Å²) in [6, 6.07) is 29.1. The predicted octanol–water partition coefficient (Wildman–Crippen LogP) is 8.89. The summed E-state index contributed by atoms with van der Waals surface area (Å²) in [5.41, 5.74) is 18.1. The van der Waals surface area contributed by atoms with Gasteiger partial charge in [-0.1, -0.05) is 36.4 Å². The van der Waals surface area contributed by atoms with Gasteiger partial charge in [0.15, 0.2) is 6.29 Å². The number of para-hydroxylation sites is 2. The number of aryl methyl sites for hydroxylation is 2. The van der Waals surface area contributed by atoms with Crippen LogP contribution in [-0.2, 0) is 37.0 Å². The average molecular weight is 941 g/mol. The topological polar surface area (TPSA) is 187 Å². The number of rotatable bonds is 11. The molecule has 8 aromatic rings. The van der Waals surface area contributed by atoms with E-state index in [4.69, 9.17) is 9.47 Å². The van der Waals surface area contributed by atoms with Gasteiger partial charge in [-0.15, -0.1) is 0 Å². The first kappa shape index (κ1) is 45.5. The van der Waals surface area contributed by atoms with Crippen LogP contribution in [0.3, 0.4) is 0 Å². The smallest absolute Gasteiger partial charge is 0.172 e. The normalized spacial score (nSPS) is 19.2. The van der Waals surface area contributed by atoms with E-state index in [1.54, 1.807) is 12.4 Å². The first-order valence-electron chi connectivity index (χ1n) is 24.5. The molecular formula is C56H60N8O6. The Kier molecular flexibility index (Phi) is 12.6. The van der Waals surface area contributed by atoms with E-state index >= 15 is 0 Å². The molecule has 14 heteroatoms. The number of H-pyrrole nitrogens is 2. The van der Waals surface area contributed by atoms with Crippen molar-refractivity contribution in [3.05, 3.63) is 160 Å². The van der Waals surface area contributed by atoms with Gasteiger partial charge in [-0.2, -0.15) is 0 Å². The van der Waals surface area contributed by atoms with Crippen molar-refractivity contribution in [1.82, 2.24) is 19.9 Å². The molecule has 4 aromatic carbocycles. The fourth-order valence-corrected chi connectivity index (χ4v) is 10.8. The molecular weight excluding hydrogens is 881 g/mol. The molecule has 4 atom stereocenters. The number of fused-ring (bicyclic) bond motifs is 6. The molecule has 2 unspecified atom stereocenters. The number of benzene rings is 4. The minimum absolute atomic E-state index is 0.0321. The lowest BCUT2D eigenvalue weighted by Gasteiger charge is -2.36. The quantitative estimate of drug-likeness (QED) is 0.0617. The van der Waals surface area contributed by atoms with Crippen molar-refractivity contribution in [3.8, 4) is 5.75 Å². The standard InChI is InChI=1S/2C28H30N4O3/c1-17-3-2-4-21-18(14-30-27(17)21)10-12-32-15-26(34)35-16-19-13-20(5-7-24(19)32)31-23-9-11-29-28-22(23)6-8-25(28)33;1-17-3-2-4-21-18(14-30-27(17)21)10-12-32-15-20(16-33)35-26-13-19(5-7-24(26)32)31-23-9-11-29-28-22(23)6-8-25(28)34/h2-5,7,9,11,13-14,25-26,30,33-34H,6,8,10,12,15-16H2,1H3,(H,29,31);2-5,7,9,11,13-14,20,25,30,33-34H,6,8,10,12,15-16H2,1H3,(H,29,31)/t;20-,25-/m.0/s1. The second-order valence-electron chi connectivity index (χ2n) is 19.0.